The minimum atomic E-state index is -3.03. The molecule has 0 fully saturated rings. The zero-order valence-electron chi connectivity index (χ0n) is 15.3. The Balaban J connectivity index is 2.11. The topological polar surface area (TPSA) is 0 Å². The maximum atomic E-state index is 6.23. The molecule has 0 radical (unpaired) electrons. The largest absolute Gasteiger partial charge is 0.266 e. The number of benzene rings is 4. The van der Waals surface area contributed by atoms with Gasteiger partial charge in [-0.25, -0.2) is 17.7 Å². The zero-order valence-corrected chi connectivity index (χ0v) is 19.5. The van der Waals surface area contributed by atoms with E-state index in [1.54, 1.807) is 0 Å². The second kappa shape index (κ2) is 8.75. The second-order valence-corrected chi connectivity index (χ2v) is 13.2. The Morgan fingerprint density at radius 1 is 0.310 bits per heavy atom. The molecule has 0 aromatic heterocycles. The van der Waals surface area contributed by atoms with Crippen LogP contribution in [0.1, 0.15) is 0 Å². The molecule has 0 bridgehead atoms. The molecular formula is C24H16AlCl4-. The summed E-state index contributed by atoms with van der Waals surface area (Å²) in [5.74, 6) is 0. The van der Waals surface area contributed by atoms with Crippen molar-refractivity contribution in [1.82, 2.24) is 0 Å². The molecule has 4 rings (SSSR count). The molecule has 4 aromatic carbocycles. The van der Waals surface area contributed by atoms with Crippen LogP contribution in [0.25, 0.3) is 0 Å². The van der Waals surface area contributed by atoms with Crippen LogP contribution < -0.4 is 17.7 Å². The highest BCUT2D eigenvalue weighted by Crippen LogP contribution is 2.16. The molecule has 0 atom stereocenters. The molecular weight excluding hydrogens is 457 g/mol. The zero-order chi connectivity index (χ0) is 20.4. The summed E-state index contributed by atoms with van der Waals surface area (Å²) >= 11 is 21.9. The minimum absolute atomic E-state index is 0.713. The summed E-state index contributed by atoms with van der Waals surface area (Å²) in [6.07, 6.45) is 0. The lowest BCUT2D eigenvalue weighted by molar-refractivity contribution is 1.66. The summed E-state index contributed by atoms with van der Waals surface area (Å²) in [5.41, 5.74) is 0. The molecule has 144 valence electrons. The Hall–Kier alpha value is -1.43. The van der Waals surface area contributed by atoms with Crippen LogP contribution >= 0.6 is 46.4 Å². The molecule has 5 heteroatoms. The van der Waals surface area contributed by atoms with Gasteiger partial charge >= 0.3 is 0 Å². The Morgan fingerprint density at radius 2 is 0.483 bits per heavy atom. The van der Waals surface area contributed by atoms with Crippen LogP contribution in [0, 0.1) is 0 Å². The summed E-state index contributed by atoms with van der Waals surface area (Å²) in [6, 6.07) is 32.7. The second-order valence-electron chi connectivity index (χ2n) is 7.07. The van der Waals surface area contributed by atoms with Gasteiger partial charge in [0.2, 0.25) is 0 Å². The number of rotatable bonds is 4. The summed E-state index contributed by atoms with van der Waals surface area (Å²) in [5, 5.41) is 2.85. The van der Waals surface area contributed by atoms with Gasteiger partial charge < -0.3 is 0 Å². The van der Waals surface area contributed by atoms with E-state index < -0.39 is 13.1 Å². The molecule has 0 saturated carbocycles. The summed E-state index contributed by atoms with van der Waals surface area (Å²) in [7, 11) is 0. The molecule has 0 nitrogen and oxygen atoms in total. The highest BCUT2D eigenvalue weighted by Gasteiger charge is 2.36. The average Bonchev–Trinajstić information content (AvgIpc) is 2.73. The minimum Gasteiger partial charge on any atom is -0.218 e. The Kier molecular flexibility index (Phi) is 6.28. The molecule has 4 aromatic rings. The van der Waals surface area contributed by atoms with Crippen molar-refractivity contribution in [2.45, 2.75) is 0 Å². The number of hydrogen-bond acceptors (Lipinski definition) is 0. The van der Waals surface area contributed by atoms with Crippen molar-refractivity contribution in [3.63, 3.8) is 0 Å². The molecule has 0 N–H and O–H groups in total. The first-order chi connectivity index (χ1) is 14.0. The molecule has 0 aliphatic rings. The Morgan fingerprint density at radius 3 is 0.655 bits per heavy atom. The third-order valence-corrected chi connectivity index (χ3v) is 12.0. The molecule has 0 aliphatic carbocycles. The van der Waals surface area contributed by atoms with Crippen molar-refractivity contribution in [1.29, 1.82) is 0 Å². The Bertz CT molecular complexity index is 916. The molecule has 0 unspecified atom stereocenters. The molecule has 0 saturated heterocycles. The van der Waals surface area contributed by atoms with Crippen LogP contribution in [0.5, 0.6) is 0 Å². The monoisotopic (exact) mass is 471 g/mol. The van der Waals surface area contributed by atoms with E-state index in [0.717, 1.165) is 0 Å². The lowest BCUT2D eigenvalue weighted by Crippen LogP contribution is -2.74. The van der Waals surface area contributed by atoms with E-state index in [4.69, 9.17) is 46.4 Å². The van der Waals surface area contributed by atoms with Crippen molar-refractivity contribution >= 4 is 77.2 Å². The lowest BCUT2D eigenvalue weighted by Gasteiger charge is -2.41. The van der Waals surface area contributed by atoms with Gasteiger partial charge in [0, 0.05) is 20.1 Å². The van der Waals surface area contributed by atoms with E-state index in [9.17, 15) is 0 Å². The van der Waals surface area contributed by atoms with Crippen LogP contribution in [0.15, 0.2) is 97.1 Å². The lowest BCUT2D eigenvalue weighted by atomic mass is 10.3. The van der Waals surface area contributed by atoms with Gasteiger partial charge in [0.15, 0.2) is 0 Å². The summed E-state index contributed by atoms with van der Waals surface area (Å²) in [6.45, 7) is 0. The standard InChI is InChI=1S/4C6H4Cl.Al/c4*7-6-4-2-1-3-5-6;/h4*2-5H;/q;;;;-1. The van der Waals surface area contributed by atoms with Crippen LogP contribution in [0.4, 0.5) is 0 Å². The van der Waals surface area contributed by atoms with Gasteiger partial charge in [-0.1, -0.05) is 46.4 Å². The first-order valence-corrected chi connectivity index (χ1v) is 13.0. The fourth-order valence-electron chi connectivity index (χ4n) is 4.16. The Labute approximate surface area is 193 Å². The predicted octanol–water partition coefficient (Wildman–Crippen LogP) is 5.68. The third-order valence-electron chi connectivity index (χ3n) is 5.48. The van der Waals surface area contributed by atoms with Crippen LogP contribution in [-0.4, -0.2) is 13.1 Å². The maximum Gasteiger partial charge on any atom is 0.266 e. The average molecular weight is 473 g/mol. The van der Waals surface area contributed by atoms with Gasteiger partial charge in [-0.2, -0.15) is 0 Å². The van der Waals surface area contributed by atoms with Crippen LogP contribution in [-0.2, 0) is 0 Å². The van der Waals surface area contributed by atoms with Crippen molar-refractivity contribution in [2.24, 2.45) is 0 Å². The van der Waals surface area contributed by atoms with E-state index in [2.05, 4.69) is 48.5 Å². The quantitative estimate of drug-likeness (QED) is 0.335. The van der Waals surface area contributed by atoms with Gasteiger partial charge in [0.25, 0.3) is 13.1 Å². The van der Waals surface area contributed by atoms with E-state index in [1.165, 1.54) is 17.7 Å². The van der Waals surface area contributed by atoms with Crippen molar-refractivity contribution in [3.8, 4) is 0 Å². The number of halogens is 4. The van der Waals surface area contributed by atoms with E-state index in [0.29, 0.717) is 20.1 Å². The van der Waals surface area contributed by atoms with Gasteiger partial charge in [-0.05, 0) is 48.5 Å². The first kappa shape index (κ1) is 20.8. The fraction of sp³-hybridized carbons (Fsp3) is 0. The van der Waals surface area contributed by atoms with Crippen LogP contribution in [0.3, 0.4) is 0 Å². The molecule has 29 heavy (non-hydrogen) atoms. The van der Waals surface area contributed by atoms with E-state index >= 15 is 0 Å². The van der Waals surface area contributed by atoms with Gasteiger partial charge in [-0.3, -0.25) is 0 Å². The van der Waals surface area contributed by atoms with Gasteiger partial charge in [0.05, 0.1) is 0 Å². The maximum absolute atomic E-state index is 6.23. The first-order valence-electron chi connectivity index (χ1n) is 9.20. The van der Waals surface area contributed by atoms with Gasteiger partial charge in [0.1, 0.15) is 0 Å². The highest BCUT2D eigenvalue weighted by molar-refractivity contribution is 7.19. The SMILES string of the molecule is Clc1cc[c]([Al-]([c]2ccc(Cl)cc2)([c]2ccc(Cl)cc2)[c]2ccc(Cl)cc2)cc1. The third kappa shape index (κ3) is 4.10. The predicted molar refractivity (Wildman–Crippen MR) is 130 cm³/mol. The molecule has 0 amide bonds. The van der Waals surface area contributed by atoms with E-state index in [-0.39, 0.29) is 0 Å². The van der Waals surface area contributed by atoms with Crippen molar-refractivity contribution < 1.29 is 0 Å². The number of hydrogen-bond donors (Lipinski definition) is 0. The summed E-state index contributed by atoms with van der Waals surface area (Å²) < 4.78 is 4.98. The van der Waals surface area contributed by atoms with E-state index in [1.807, 2.05) is 48.5 Å². The van der Waals surface area contributed by atoms with Gasteiger partial charge in [-0.15, -0.1) is 48.5 Å². The fourth-order valence-corrected chi connectivity index (χ4v) is 10.1. The van der Waals surface area contributed by atoms with Crippen molar-refractivity contribution in [2.75, 3.05) is 0 Å². The molecule has 0 spiro atoms. The van der Waals surface area contributed by atoms with Crippen molar-refractivity contribution in [3.05, 3.63) is 117 Å². The summed E-state index contributed by atoms with van der Waals surface area (Å²) in [4.78, 5) is 0. The van der Waals surface area contributed by atoms with Crippen LogP contribution in [0.2, 0.25) is 20.1 Å². The molecule has 0 aliphatic heterocycles. The smallest absolute Gasteiger partial charge is 0.218 e. The highest BCUT2D eigenvalue weighted by atomic mass is 35.5. The normalized spacial score (nSPS) is 11.4. The molecule has 0 heterocycles.